The second kappa shape index (κ2) is 22.1. The number of anilines is 8. The number of carbonyl (C=O) groups excluding carboxylic acids is 2. The van der Waals surface area contributed by atoms with Crippen LogP contribution in [-0.2, 0) is 32.3 Å². The van der Waals surface area contributed by atoms with E-state index >= 15 is 0 Å². The second-order valence-electron chi connectivity index (χ2n) is 16.6. The van der Waals surface area contributed by atoms with Gasteiger partial charge in [0.15, 0.2) is 17.5 Å². The maximum absolute atomic E-state index is 14.1. The first kappa shape index (κ1) is 48.1. The van der Waals surface area contributed by atoms with Gasteiger partial charge in [0.2, 0.25) is 35.6 Å². The topological polar surface area (TPSA) is 185 Å². The van der Waals surface area contributed by atoms with Crippen molar-refractivity contribution in [3.63, 3.8) is 0 Å². The first-order valence-corrected chi connectivity index (χ1v) is 22.4. The zero-order valence-corrected chi connectivity index (χ0v) is 37.7. The number of hydrogen-bond acceptors (Lipinski definition) is 14. The molecule has 8 rings (SSSR count). The van der Waals surface area contributed by atoms with E-state index in [-0.39, 0.29) is 61.6 Å². The Balaban J connectivity index is 0.779. The largest absolute Gasteiger partial charge is 0.373 e. The predicted molar refractivity (Wildman–Crippen MR) is 248 cm³/mol. The van der Waals surface area contributed by atoms with Gasteiger partial charge in [-0.25, -0.2) is 41.9 Å². The minimum absolute atomic E-state index is 0.0506. The van der Waals surface area contributed by atoms with Crippen molar-refractivity contribution in [2.45, 2.75) is 77.8 Å². The lowest BCUT2D eigenvalue weighted by atomic mass is 10.1. The molecular formula is C48H49F5N12O4. The highest BCUT2D eigenvalue weighted by atomic mass is 19.2. The maximum Gasteiger partial charge on any atom is 0.232 e. The molecule has 6 aromatic rings. The van der Waals surface area contributed by atoms with E-state index in [9.17, 15) is 31.5 Å². The van der Waals surface area contributed by atoms with Gasteiger partial charge in [-0.05, 0) is 87.1 Å². The van der Waals surface area contributed by atoms with Crippen molar-refractivity contribution in [3.05, 3.63) is 131 Å². The van der Waals surface area contributed by atoms with E-state index in [4.69, 9.17) is 9.47 Å². The molecule has 2 saturated heterocycles. The van der Waals surface area contributed by atoms with Crippen LogP contribution in [0.15, 0.2) is 79.4 Å². The van der Waals surface area contributed by atoms with E-state index in [0.717, 1.165) is 17.7 Å². The second-order valence-corrected chi connectivity index (χ2v) is 16.6. The lowest BCUT2D eigenvalue weighted by Gasteiger charge is -2.32. The highest BCUT2D eigenvalue weighted by Gasteiger charge is 2.25. The zero-order chi connectivity index (χ0) is 48.4. The Morgan fingerprint density at radius 2 is 1.04 bits per heavy atom. The molecule has 0 bridgehead atoms. The molecule has 2 aliphatic rings. The predicted octanol–water partition coefficient (Wildman–Crippen LogP) is 8.58. The standard InChI is InChI=1S/C48H49F5N12O4/c1-28-37(5-3-7-39(28)60-45-54-26-56-47(62-45)64-19-15-33(16-20-64)68-24-30-9-11-32(49)23-36(30)51)58-41(66)13-14-42(67)59-38-6-4-8-40(29(38)2)61-46-55-27-57-48(63-46)65-21-17-34(18-22-65)69-25-31-10-12-35(50)44(53)43(31)52/h3-12,23,26-27,33-34H,13-22,24-25H2,1-2H3,(H,58,66)(H,59,67)(H,54,56,60,62)(H,55,57,61,63). The van der Waals surface area contributed by atoms with Crippen LogP contribution in [0, 0.1) is 42.9 Å². The Labute approximate surface area is 394 Å². The molecule has 2 aliphatic heterocycles. The molecule has 0 saturated carbocycles. The first-order valence-electron chi connectivity index (χ1n) is 22.4. The maximum atomic E-state index is 14.1. The Bertz CT molecular complexity index is 2790. The number of amides is 2. The average molecular weight is 953 g/mol. The molecule has 0 spiro atoms. The monoisotopic (exact) mass is 952 g/mol. The summed E-state index contributed by atoms with van der Waals surface area (Å²) < 4.78 is 80.0. The Morgan fingerprint density at radius 1 is 0.580 bits per heavy atom. The van der Waals surface area contributed by atoms with Crippen LogP contribution in [0.1, 0.15) is 60.8 Å². The molecule has 69 heavy (non-hydrogen) atoms. The van der Waals surface area contributed by atoms with Gasteiger partial charge in [0.1, 0.15) is 24.3 Å². The van der Waals surface area contributed by atoms with Gasteiger partial charge in [-0.3, -0.25) is 9.59 Å². The number of benzene rings is 4. The Hall–Kier alpha value is -7.39. The van der Waals surface area contributed by atoms with Crippen LogP contribution in [-0.4, -0.2) is 80.1 Å². The normalized spacial score (nSPS) is 14.4. The number of hydrogen-bond donors (Lipinski definition) is 4. The Kier molecular flexibility index (Phi) is 15.4. The lowest BCUT2D eigenvalue weighted by molar-refractivity contribution is -0.121. The van der Waals surface area contributed by atoms with Crippen LogP contribution in [0.5, 0.6) is 0 Å². The molecule has 0 unspecified atom stereocenters. The lowest BCUT2D eigenvalue weighted by Crippen LogP contribution is -2.38. The van der Waals surface area contributed by atoms with Crippen LogP contribution >= 0.6 is 0 Å². The van der Waals surface area contributed by atoms with Crippen molar-refractivity contribution in [2.75, 3.05) is 57.2 Å². The van der Waals surface area contributed by atoms with Gasteiger partial charge in [0.05, 0.1) is 25.4 Å². The van der Waals surface area contributed by atoms with Gasteiger partial charge < -0.3 is 40.5 Å². The fraction of sp³-hybridized carbons (Fsp3) is 0.333. The highest BCUT2D eigenvalue weighted by molar-refractivity contribution is 5.98. The van der Waals surface area contributed by atoms with E-state index < -0.39 is 29.1 Å². The van der Waals surface area contributed by atoms with Gasteiger partial charge in [-0.15, -0.1) is 0 Å². The van der Waals surface area contributed by atoms with Crippen LogP contribution in [0.3, 0.4) is 0 Å². The molecule has 0 aliphatic carbocycles. The SMILES string of the molecule is Cc1c(NC(=O)CCC(=O)Nc2cccc(Nc3ncnc(N4CCC(OCc5ccc(F)c(F)c5F)CC4)n3)c2C)cccc1Nc1ncnc(N2CCC(OCc3ccc(F)cc3F)CC2)n1. The summed E-state index contributed by atoms with van der Waals surface area (Å²) in [6.07, 6.45) is 4.81. The smallest absolute Gasteiger partial charge is 0.232 e. The molecule has 4 N–H and O–H groups in total. The fourth-order valence-corrected chi connectivity index (χ4v) is 7.88. The summed E-state index contributed by atoms with van der Waals surface area (Å²) in [6, 6.07) is 16.2. The van der Waals surface area contributed by atoms with Crippen molar-refractivity contribution in [2.24, 2.45) is 0 Å². The third-order valence-corrected chi connectivity index (χ3v) is 11.9. The van der Waals surface area contributed by atoms with Crippen LogP contribution in [0.25, 0.3) is 0 Å². The molecule has 4 aromatic carbocycles. The van der Waals surface area contributed by atoms with Crippen LogP contribution in [0.4, 0.5) is 68.5 Å². The molecule has 2 aromatic heterocycles. The fourth-order valence-electron chi connectivity index (χ4n) is 7.88. The molecular weight excluding hydrogens is 904 g/mol. The third-order valence-electron chi connectivity index (χ3n) is 11.9. The number of nitrogens with zero attached hydrogens (tertiary/aromatic N) is 8. The quantitative estimate of drug-likeness (QED) is 0.0504. The van der Waals surface area contributed by atoms with Gasteiger partial charge in [0.25, 0.3) is 0 Å². The summed E-state index contributed by atoms with van der Waals surface area (Å²) in [6.45, 7) is 5.82. The van der Waals surface area contributed by atoms with E-state index in [1.54, 1.807) is 24.3 Å². The highest BCUT2D eigenvalue weighted by Crippen LogP contribution is 2.29. The summed E-state index contributed by atoms with van der Waals surface area (Å²) in [5, 5.41) is 12.2. The number of aromatic nitrogens is 6. The molecule has 4 heterocycles. The van der Waals surface area contributed by atoms with Gasteiger partial charge in [0, 0.05) is 79.0 Å². The van der Waals surface area contributed by atoms with E-state index in [0.29, 0.717) is 104 Å². The van der Waals surface area contributed by atoms with Crippen LogP contribution in [0.2, 0.25) is 0 Å². The summed E-state index contributed by atoms with van der Waals surface area (Å²) in [5.74, 6) is -4.48. The molecule has 2 amide bonds. The molecule has 360 valence electrons. The number of piperidine rings is 2. The number of carbonyl (C=O) groups is 2. The molecule has 21 heteroatoms. The van der Waals surface area contributed by atoms with Crippen LogP contribution < -0.4 is 31.1 Å². The minimum atomic E-state index is -1.52. The summed E-state index contributed by atoms with van der Waals surface area (Å²) in [5.41, 5.74) is 4.08. The number of halogens is 5. The minimum Gasteiger partial charge on any atom is -0.373 e. The first-order chi connectivity index (χ1) is 33.4. The van der Waals surface area contributed by atoms with E-state index in [1.807, 2.05) is 35.8 Å². The molecule has 0 atom stereocenters. The van der Waals surface area contributed by atoms with Crippen molar-refractivity contribution >= 4 is 58.4 Å². The summed E-state index contributed by atoms with van der Waals surface area (Å²) in [7, 11) is 0. The van der Waals surface area contributed by atoms with Gasteiger partial charge >= 0.3 is 0 Å². The van der Waals surface area contributed by atoms with Crippen molar-refractivity contribution < 1.29 is 41.0 Å². The molecule has 16 nitrogen and oxygen atoms in total. The molecule has 2 fully saturated rings. The van der Waals surface area contributed by atoms with Crippen molar-refractivity contribution in [3.8, 4) is 0 Å². The van der Waals surface area contributed by atoms with E-state index in [1.165, 1.54) is 30.9 Å². The van der Waals surface area contributed by atoms with Gasteiger partial charge in [-0.2, -0.15) is 9.97 Å². The average Bonchev–Trinajstić information content (AvgIpc) is 3.35. The Morgan fingerprint density at radius 3 is 1.54 bits per heavy atom. The number of ether oxygens (including phenoxy) is 2. The number of rotatable bonds is 17. The number of nitrogens with one attached hydrogen (secondary N) is 4. The summed E-state index contributed by atoms with van der Waals surface area (Å²) in [4.78, 5) is 56.6. The van der Waals surface area contributed by atoms with Crippen molar-refractivity contribution in [1.29, 1.82) is 0 Å². The van der Waals surface area contributed by atoms with Gasteiger partial charge in [-0.1, -0.05) is 24.3 Å². The van der Waals surface area contributed by atoms with E-state index in [2.05, 4.69) is 51.2 Å². The summed E-state index contributed by atoms with van der Waals surface area (Å²) >= 11 is 0. The molecule has 0 radical (unpaired) electrons. The zero-order valence-electron chi connectivity index (χ0n) is 37.7. The third kappa shape index (κ3) is 12.4. The van der Waals surface area contributed by atoms with Crippen molar-refractivity contribution in [1.82, 2.24) is 29.9 Å².